The minimum Gasteiger partial charge on any atom is -0.349 e. The Balaban J connectivity index is 2.00. The molecule has 2 nitrogen and oxygen atoms in total. The summed E-state index contributed by atoms with van der Waals surface area (Å²) in [6, 6.07) is 6.23. The molecule has 1 aromatic carbocycles. The highest BCUT2D eigenvalue weighted by Crippen LogP contribution is 2.32. The average molecular weight is 266 g/mol. The largest absolute Gasteiger partial charge is 0.349 e. The molecule has 0 saturated heterocycles. The number of nitrogens with one attached hydrogen (secondary N) is 1. The van der Waals surface area contributed by atoms with Gasteiger partial charge in [-0.1, -0.05) is 23.8 Å². The lowest BCUT2D eigenvalue weighted by atomic mass is 9.78. The van der Waals surface area contributed by atoms with E-state index in [1.54, 1.807) is 0 Å². The summed E-state index contributed by atoms with van der Waals surface area (Å²) in [6.45, 7) is 4.09. The zero-order chi connectivity index (χ0) is 13.2. The Hall–Kier alpha value is -1.02. The van der Waals surface area contributed by atoms with Gasteiger partial charge in [-0.3, -0.25) is 4.79 Å². The number of amides is 1. The monoisotopic (exact) mass is 265 g/mol. The molecule has 0 aliphatic heterocycles. The molecular weight excluding hydrogens is 246 g/mol. The molecule has 1 aliphatic rings. The molecule has 0 unspecified atom stereocenters. The van der Waals surface area contributed by atoms with Crippen LogP contribution in [0.2, 0.25) is 0 Å². The Morgan fingerprint density at radius 3 is 2.67 bits per heavy atom. The molecule has 1 N–H and O–H groups in total. The van der Waals surface area contributed by atoms with Crippen LogP contribution in [0.3, 0.4) is 0 Å². The summed E-state index contributed by atoms with van der Waals surface area (Å²) in [4.78, 5) is 12.1. The van der Waals surface area contributed by atoms with Crippen molar-refractivity contribution in [2.75, 3.05) is 5.88 Å². The van der Waals surface area contributed by atoms with Gasteiger partial charge < -0.3 is 5.32 Å². The molecule has 98 valence electrons. The van der Waals surface area contributed by atoms with E-state index in [0.717, 1.165) is 24.8 Å². The first-order chi connectivity index (χ1) is 8.54. The van der Waals surface area contributed by atoms with E-state index in [-0.39, 0.29) is 11.4 Å². The van der Waals surface area contributed by atoms with Crippen LogP contribution in [0.1, 0.15) is 36.0 Å². The Labute approximate surface area is 114 Å². The molecule has 3 heteroatoms. The first-order valence-corrected chi connectivity index (χ1v) is 7.01. The van der Waals surface area contributed by atoms with E-state index in [0.29, 0.717) is 12.3 Å². The lowest BCUT2D eigenvalue weighted by Crippen LogP contribution is -2.55. The maximum absolute atomic E-state index is 12.1. The Kier molecular flexibility index (Phi) is 3.96. The number of benzene rings is 1. The van der Waals surface area contributed by atoms with E-state index in [4.69, 9.17) is 11.6 Å². The van der Waals surface area contributed by atoms with Crippen LogP contribution in [0, 0.1) is 13.8 Å². The first-order valence-electron chi connectivity index (χ1n) is 6.48. The van der Waals surface area contributed by atoms with E-state index in [2.05, 4.69) is 23.5 Å². The number of rotatable bonds is 4. The van der Waals surface area contributed by atoms with Crippen LogP contribution in [-0.2, 0) is 11.2 Å². The second kappa shape index (κ2) is 5.31. The summed E-state index contributed by atoms with van der Waals surface area (Å²) in [5, 5.41) is 3.10. The molecule has 1 amide bonds. The van der Waals surface area contributed by atoms with Gasteiger partial charge in [-0.2, -0.15) is 0 Å². The van der Waals surface area contributed by atoms with Gasteiger partial charge in [0.25, 0.3) is 0 Å². The molecule has 0 radical (unpaired) electrons. The average Bonchev–Trinajstić information content (AvgIpc) is 2.28. The Morgan fingerprint density at radius 2 is 2.11 bits per heavy atom. The number of hydrogen-bond donors (Lipinski definition) is 1. The fraction of sp³-hybridized carbons (Fsp3) is 0.533. The van der Waals surface area contributed by atoms with Crippen molar-refractivity contribution in [1.29, 1.82) is 0 Å². The molecule has 1 aromatic rings. The molecule has 2 rings (SSSR count). The van der Waals surface area contributed by atoms with Gasteiger partial charge >= 0.3 is 0 Å². The topological polar surface area (TPSA) is 29.1 Å². The number of alkyl halides is 1. The molecule has 0 spiro atoms. The van der Waals surface area contributed by atoms with Crippen molar-refractivity contribution in [2.45, 2.75) is 45.1 Å². The highest BCUT2D eigenvalue weighted by molar-refractivity contribution is 6.18. The fourth-order valence-corrected chi connectivity index (χ4v) is 2.73. The fourth-order valence-electron chi connectivity index (χ4n) is 2.40. The van der Waals surface area contributed by atoms with E-state index in [1.165, 1.54) is 11.1 Å². The third-order valence-corrected chi connectivity index (χ3v) is 4.34. The van der Waals surface area contributed by atoms with Gasteiger partial charge in [0.15, 0.2) is 0 Å². The van der Waals surface area contributed by atoms with E-state index in [9.17, 15) is 4.79 Å². The van der Waals surface area contributed by atoms with Crippen molar-refractivity contribution < 1.29 is 4.79 Å². The standard InChI is InChI=1S/C15H20ClNO/c1-11-4-5-12(2)13(8-11)9-14(18)17-15(10-16)6-3-7-15/h4-5,8H,3,6-7,9-10H2,1-2H3,(H,17,18). The third-order valence-electron chi connectivity index (χ3n) is 3.83. The lowest BCUT2D eigenvalue weighted by molar-refractivity contribution is -0.123. The lowest BCUT2D eigenvalue weighted by Gasteiger charge is -2.41. The van der Waals surface area contributed by atoms with Crippen molar-refractivity contribution in [3.8, 4) is 0 Å². The predicted octanol–water partition coefficient (Wildman–Crippen LogP) is 3.12. The van der Waals surface area contributed by atoms with E-state index >= 15 is 0 Å². The van der Waals surface area contributed by atoms with Gasteiger partial charge in [0.05, 0.1) is 12.0 Å². The van der Waals surface area contributed by atoms with Crippen molar-refractivity contribution >= 4 is 17.5 Å². The number of hydrogen-bond acceptors (Lipinski definition) is 1. The number of carbonyl (C=O) groups is 1. The highest BCUT2D eigenvalue weighted by atomic mass is 35.5. The SMILES string of the molecule is Cc1ccc(C)c(CC(=O)NC2(CCl)CCC2)c1. The van der Waals surface area contributed by atoms with Crippen molar-refractivity contribution in [2.24, 2.45) is 0 Å². The Bertz CT molecular complexity index is 446. The third kappa shape index (κ3) is 2.86. The van der Waals surface area contributed by atoms with Crippen LogP contribution in [0.4, 0.5) is 0 Å². The van der Waals surface area contributed by atoms with E-state index in [1.807, 2.05) is 13.8 Å². The highest BCUT2D eigenvalue weighted by Gasteiger charge is 2.37. The van der Waals surface area contributed by atoms with Gasteiger partial charge in [0, 0.05) is 5.88 Å². The minimum atomic E-state index is -0.129. The number of halogens is 1. The van der Waals surface area contributed by atoms with Crippen molar-refractivity contribution in [3.05, 3.63) is 34.9 Å². The zero-order valence-electron chi connectivity index (χ0n) is 11.1. The molecule has 18 heavy (non-hydrogen) atoms. The van der Waals surface area contributed by atoms with Gasteiger partial charge in [-0.05, 0) is 44.2 Å². The summed E-state index contributed by atoms with van der Waals surface area (Å²) in [6.07, 6.45) is 3.63. The van der Waals surface area contributed by atoms with Crippen LogP contribution < -0.4 is 5.32 Å². The maximum Gasteiger partial charge on any atom is 0.224 e. The molecule has 1 aliphatic carbocycles. The molecule has 1 saturated carbocycles. The number of carbonyl (C=O) groups excluding carboxylic acids is 1. The maximum atomic E-state index is 12.1. The summed E-state index contributed by atoms with van der Waals surface area (Å²) in [7, 11) is 0. The molecule has 0 heterocycles. The summed E-state index contributed by atoms with van der Waals surface area (Å²) < 4.78 is 0. The van der Waals surface area contributed by atoms with Crippen LogP contribution >= 0.6 is 11.6 Å². The summed E-state index contributed by atoms with van der Waals surface area (Å²) >= 11 is 5.95. The molecule has 1 fully saturated rings. The van der Waals surface area contributed by atoms with Gasteiger partial charge in [-0.15, -0.1) is 11.6 Å². The van der Waals surface area contributed by atoms with Gasteiger partial charge in [-0.25, -0.2) is 0 Å². The quantitative estimate of drug-likeness (QED) is 0.833. The molecular formula is C15H20ClNO. The smallest absolute Gasteiger partial charge is 0.224 e. The molecule has 0 aromatic heterocycles. The number of aryl methyl sites for hydroxylation is 2. The van der Waals surface area contributed by atoms with Crippen molar-refractivity contribution in [1.82, 2.24) is 5.32 Å². The van der Waals surface area contributed by atoms with Crippen LogP contribution in [0.5, 0.6) is 0 Å². The van der Waals surface area contributed by atoms with Crippen molar-refractivity contribution in [3.63, 3.8) is 0 Å². The predicted molar refractivity (Wildman–Crippen MR) is 75.1 cm³/mol. The van der Waals surface area contributed by atoms with Crippen LogP contribution in [-0.4, -0.2) is 17.3 Å². The van der Waals surface area contributed by atoms with Gasteiger partial charge in [0.2, 0.25) is 5.91 Å². The zero-order valence-corrected chi connectivity index (χ0v) is 11.8. The minimum absolute atomic E-state index is 0.0871. The second-order valence-electron chi connectivity index (χ2n) is 5.42. The van der Waals surface area contributed by atoms with Crippen LogP contribution in [0.25, 0.3) is 0 Å². The Morgan fingerprint density at radius 1 is 1.39 bits per heavy atom. The van der Waals surface area contributed by atoms with Gasteiger partial charge in [0.1, 0.15) is 0 Å². The van der Waals surface area contributed by atoms with E-state index < -0.39 is 0 Å². The summed E-state index contributed by atoms with van der Waals surface area (Å²) in [5.74, 6) is 0.606. The second-order valence-corrected chi connectivity index (χ2v) is 5.69. The molecule has 0 atom stereocenters. The van der Waals surface area contributed by atoms with Crippen LogP contribution in [0.15, 0.2) is 18.2 Å². The molecule has 0 bridgehead atoms. The first kappa shape index (κ1) is 13.4. The normalized spacial score (nSPS) is 17.1. The summed E-state index contributed by atoms with van der Waals surface area (Å²) in [5.41, 5.74) is 3.34.